The van der Waals surface area contributed by atoms with E-state index in [-0.39, 0.29) is 24.6 Å². The molecule has 0 aromatic carbocycles. The normalized spacial score (nSPS) is 12.6. The summed E-state index contributed by atoms with van der Waals surface area (Å²) in [5.74, 6) is 0.372. The number of carbonyl (C=O) groups excluding carboxylic acids is 3. The van der Waals surface area contributed by atoms with Crippen LogP contribution in [-0.2, 0) is 28.5 Å². The molecule has 0 amide bonds. The lowest BCUT2D eigenvalue weighted by molar-refractivity contribution is -0.145. The molecule has 0 aromatic rings. The fourth-order valence-corrected chi connectivity index (χ4v) is 9.54. The summed E-state index contributed by atoms with van der Waals surface area (Å²) in [6.07, 6.45) is 50.4. The van der Waals surface area contributed by atoms with Crippen molar-refractivity contribution < 1.29 is 33.3 Å². The van der Waals surface area contributed by atoms with Gasteiger partial charge in [-0.15, -0.1) is 0 Å². The van der Waals surface area contributed by atoms with Crippen molar-refractivity contribution in [2.24, 2.45) is 5.92 Å². The van der Waals surface area contributed by atoms with E-state index in [1.165, 1.54) is 161 Å². The fraction of sp³-hybridized carbons (Fsp3) is 0.919. The summed E-state index contributed by atoms with van der Waals surface area (Å²) in [4.78, 5) is 42.9. The lowest BCUT2D eigenvalue weighted by Gasteiger charge is -2.26. The number of esters is 2. The second-order valence-electron chi connectivity index (χ2n) is 21.1. The van der Waals surface area contributed by atoms with Gasteiger partial charge in [0.15, 0.2) is 0 Å². The Balaban J connectivity index is 4.57. The minimum absolute atomic E-state index is 0.0227. The first-order chi connectivity index (χ1) is 34.8. The number of nitrogens with zero attached hydrogens (tertiary/aromatic N) is 2. The Hall–Kier alpha value is -2.13. The molecule has 9 nitrogen and oxygen atoms in total. The number of likely N-dealkylation sites (N-methyl/N-ethyl adjacent to an activating group) is 1. The van der Waals surface area contributed by atoms with Crippen LogP contribution in [0.2, 0.25) is 0 Å². The van der Waals surface area contributed by atoms with Crippen molar-refractivity contribution in [1.29, 1.82) is 0 Å². The number of allylic oxidation sites excluding steroid dienone is 2. The topological polar surface area (TPSA) is 94.6 Å². The molecular formula is C62H120N2O7. The molecule has 2 atom stereocenters. The maximum atomic E-state index is 13.0. The predicted molar refractivity (Wildman–Crippen MR) is 302 cm³/mol. The molecule has 0 radical (unpaired) electrons. The Morgan fingerprint density at radius 1 is 0.380 bits per heavy atom. The van der Waals surface area contributed by atoms with Gasteiger partial charge in [0.05, 0.1) is 6.61 Å². The van der Waals surface area contributed by atoms with Gasteiger partial charge in [0.25, 0.3) is 0 Å². The van der Waals surface area contributed by atoms with E-state index in [4.69, 9.17) is 18.9 Å². The third-order valence-electron chi connectivity index (χ3n) is 14.5. The quantitative estimate of drug-likeness (QED) is 0.0255. The molecule has 0 N–H and O–H groups in total. The predicted octanol–water partition coefficient (Wildman–Crippen LogP) is 18.1. The third-order valence-corrected chi connectivity index (χ3v) is 14.5. The molecular weight excluding hydrogens is 885 g/mol. The highest BCUT2D eigenvalue weighted by molar-refractivity contribution is 5.69. The van der Waals surface area contributed by atoms with Gasteiger partial charge in [-0.1, -0.05) is 221 Å². The molecule has 420 valence electrons. The van der Waals surface area contributed by atoms with E-state index in [0.717, 1.165) is 110 Å². The van der Waals surface area contributed by atoms with Gasteiger partial charge in [0.1, 0.15) is 19.3 Å². The second-order valence-corrected chi connectivity index (χ2v) is 21.1. The Labute approximate surface area is 441 Å². The molecule has 71 heavy (non-hydrogen) atoms. The van der Waals surface area contributed by atoms with Gasteiger partial charge >= 0.3 is 18.1 Å². The average Bonchev–Trinajstić information content (AvgIpc) is 3.37. The summed E-state index contributed by atoms with van der Waals surface area (Å²) < 4.78 is 23.1. The van der Waals surface area contributed by atoms with Crippen molar-refractivity contribution in [1.82, 2.24) is 9.80 Å². The second kappa shape index (κ2) is 55.6. The van der Waals surface area contributed by atoms with E-state index in [1.807, 2.05) is 0 Å². The summed E-state index contributed by atoms with van der Waals surface area (Å²) >= 11 is 0. The van der Waals surface area contributed by atoms with Crippen LogP contribution >= 0.6 is 0 Å². The van der Waals surface area contributed by atoms with Crippen molar-refractivity contribution in [2.45, 2.75) is 304 Å². The van der Waals surface area contributed by atoms with Crippen molar-refractivity contribution in [3.63, 3.8) is 0 Å². The number of rotatable bonds is 56. The van der Waals surface area contributed by atoms with Crippen LogP contribution < -0.4 is 0 Å². The molecule has 0 fully saturated rings. The Morgan fingerprint density at radius 2 is 0.746 bits per heavy atom. The molecule has 0 bridgehead atoms. The van der Waals surface area contributed by atoms with E-state index in [2.05, 4.69) is 63.5 Å². The molecule has 0 aliphatic rings. The van der Waals surface area contributed by atoms with Gasteiger partial charge in [0.2, 0.25) is 0 Å². The standard InChI is InChI=1S/C62H120N2O7/c1-7-13-17-21-23-24-25-26-27-28-29-30-32-37-43-49-60(65)68-55-53-64(52-51-63(11-5)12-6)54-56-69-62(67)71-59(47-41-20-16-10-4)48-42-36-33-34-38-44-50-61(66)70-57-58(45-39-19-15-9-3)46-40-35-31-22-18-14-8-2/h26-27,58-59H,7-25,28-57H2,1-6H3/b27-26-. The van der Waals surface area contributed by atoms with Crippen LogP contribution in [0, 0.1) is 5.92 Å². The van der Waals surface area contributed by atoms with Gasteiger partial charge in [-0.3, -0.25) is 14.5 Å². The smallest absolute Gasteiger partial charge is 0.465 e. The molecule has 0 aliphatic heterocycles. The first-order valence-electron chi connectivity index (χ1n) is 31.1. The lowest BCUT2D eigenvalue weighted by Crippen LogP contribution is -2.39. The van der Waals surface area contributed by atoms with Gasteiger partial charge in [-0.2, -0.15) is 0 Å². The molecule has 9 heteroatoms. The summed E-state index contributed by atoms with van der Waals surface area (Å²) in [7, 11) is 0. The van der Waals surface area contributed by atoms with Crippen molar-refractivity contribution in [2.75, 3.05) is 59.1 Å². The van der Waals surface area contributed by atoms with E-state index in [9.17, 15) is 14.4 Å². The SMILES string of the molecule is CCCCCCCC/C=C\CCCCCCCC(=O)OCCN(CCOC(=O)OC(CCCCCC)CCCCCCCCC(=O)OCC(CCCCCC)CCCCCCCCC)CCN(CC)CC. The van der Waals surface area contributed by atoms with Crippen LogP contribution in [-0.4, -0.2) is 93.1 Å². The highest BCUT2D eigenvalue weighted by Crippen LogP contribution is 2.21. The highest BCUT2D eigenvalue weighted by Gasteiger charge is 2.17. The summed E-state index contributed by atoms with van der Waals surface area (Å²) in [5, 5.41) is 0. The average molecular weight is 1010 g/mol. The zero-order valence-electron chi connectivity index (χ0n) is 48.2. The molecule has 2 unspecified atom stereocenters. The van der Waals surface area contributed by atoms with E-state index in [0.29, 0.717) is 45.1 Å². The third kappa shape index (κ3) is 49.8. The van der Waals surface area contributed by atoms with Crippen LogP contribution in [0.4, 0.5) is 4.79 Å². The minimum Gasteiger partial charge on any atom is -0.465 e. The van der Waals surface area contributed by atoms with E-state index in [1.54, 1.807) is 0 Å². The molecule has 0 spiro atoms. The molecule has 0 saturated carbocycles. The first kappa shape index (κ1) is 68.9. The van der Waals surface area contributed by atoms with Crippen LogP contribution in [0.25, 0.3) is 0 Å². The first-order valence-corrected chi connectivity index (χ1v) is 31.1. The molecule has 0 rings (SSSR count). The fourth-order valence-electron chi connectivity index (χ4n) is 9.54. The maximum Gasteiger partial charge on any atom is 0.508 e. The van der Waals surface area contributed by atoms with Gasteiger partial charge in [-0.05, 0) is 96.1 Å². The molecule has 0 saturated heterocycles. The summed E-state index contributed by atoms with van der Waals surface area (Å²) in [6.45, 7) is 19.4. The summed E-state index contributed by atoms with van der Waals surface area (Å²) in [6, 6.07) is 0. The zero-order valence-corrected chi connectivity index (χ0v) is 48.2. The maximum absolute atomic E-state index is 13.0. The van der Waals surface area contributed by atoms with E-state index < -0.39 is 6.16 Å². The number of ether oxygens (including phenoxy) is 4. The highest BCUT2D eigenvalue weighted by atomic mass is 16.7. The number of carbonyl (C=O) groups is 3. The van der Waals surface area contributed by atoms with Crippen LogP contribution in [0.5, 0.6) is 0 Å². The van der Waals surface area contributed by atoms with E-state index >= 15 is 0 Å². The Morgan fingerprint density at radius 3 is 1.21 bits per heavy atom. The lowest BCUT2D eigenvalue weighted by atomic mass is 9.95. The molecule has 0 aliphatic carbocycles. The van der Waals surface area contributed by atoms with Gasteiger partial charge < -0.3 is 23.8 Å². The van der Waals surface area contributed by atoms with Gasteiger partial charge in [-0.25, -0.2) is 4.79 Å². The van der Waals surface area contributed by atoms with Crippen LogP contribution in [0.3, 0.4) is 0 Å². The van der Waals surface area contributed by atoms with Crippen molar-refractivity contribution >= 4 is 18.1 Å². The Bertz CT molecular complexity index is 1160. The van der Waals surface area contributed by atoms with Crippen LogP contribution in [0.15, 0.2) is 12.2 Å². The number of hydrogen-bond donors (Lipinski definition) is 0. The van der Waals surface area contributed by atoms with Crippen LogP contribution in [0.1, 0.15) is 298 Å². The summed E-state index contributed by atoms with van der Waals surface area (Å²) in [5.41, 5.74) is 0. The number of unbranched alkanes of at least 4 members (excludes halogenated alkanes) is 28. The largest absolute Gasteiger partial charge is 0.508 e. The molecule has 0 aromatic heterocycles. The van der Waals surface area contributed by atoms with Crippen molar-refractivity contribution in [3.8, 4) is 0 Å². The molecule has 0 heterocycles. The zero-order chi connectivity index (χ0) is 51.9. The number of hydrogen-bond acceptors (Lipinski definition) is 9. The minimum atomic E-state index is -0.576. The van der Waals surface area contributed by atoms with Crippen molar-refractivity contribution in [3.05, 3.63) is 12.2 Å². The monoisotopic (exact) mass is 1000 g/mol. The Kier molecular flexibility index (Phi) is 53.9. The van der Waals surface area contributed by atoms with Gasteiger partial charge in [0, 0.05) is 39.0 Å².